The Labute approximate surface area is 136 Å². The number of aryl methyl sites for hydroxylation is 1. The maximum Gasteiger partial charge on any atom is 0.253 e. The number of carbonyl (C=O) groups excluding carboxylic acids is 3. The Hall–Kier alpha value is -2.11. The van der Waals surface area contributed by atoms with Crippen molar-refractivity contribution in [3.05, 3.63) is 23.0 Å². The SMILES string of the molecule is Cc1cc(C(=O)NC2CC(=O)N(C(C)C)C2=O)c(C)n1C(C)C. The molecule has 1 aromatic rings. The first kappa shape index (κ1) is 17.2. The van der Waals surface area contributed by atoms with Crippen LogP contribution in [0.2, 0.25) is 0 Å². The van der Waals surface area contributed by atoms with Gasteiger partial charge in [-0.15, -0.1) is 0 Å². The van der Waals surface area contributed by atoms with Gasteiger partial charge in [0.1, 0.15) is 6.04 Å². The van der Waals surface area contributed by atoms with Gasteiger partial charge in [-0.1, -0.05) is 0 Å². The summed E-state index contributed by atoms with van der Waals surface area (Å²) in [6.45, 7) is 11.5. The lowest BCUT2D eigenvalue weighted by atomic mass is 10.2. The van der Waals surface area contributed by atoms with E-state index in [4.69, 9.17) is 0 Å². The van der Waals surface area contributed by atoms with Gasteiger partial charge in [-0.05, 0) is 47.6 Å². The summed E-state index contributed by atoms with van der Waals surface area (Å²) >= 11 is 0. The van der Waals surface area contributed by atoms with E-state index in [1.54, 1.807) is 13.8 Å². The molecule has 0 spiro atoms. The van der Waals surface area contributed by atoms with Crippen molar-refractivity contribution in [3.8, 4) is 0 Å². The van der Waals surface area contributed by atoms with Crippen molar-refractivity contribution >= 4 is 17.7 Å². The number of hydrogen-bond acceptors (Lipinski definition) is 3. The molecule has 0 saturated carbocycles. The summed E-state index contributed by atoms with van der Waals surface area (Å²) in [6.07, 6.45) is 0.0334. The zero-order valence-electron chi connectivity index (χ0n) is 14.6. The van der Waals surface area contributed by atoms with Crippen molar-refractivity contribution in [1.29, 1.82) is 0 Å². The summed E-state index contributed by atoms with van der Waals surface area (Å²) in [7, 11) is 0. The Morgan fingerprint density at radius 2 is 1.78 bits per heavy atom. The molecule has 0 bridgehead atoms. The monoisotopic (exact) mass is 319 g/mol. The molecule has 2 heterocycles. The van der Waals surface area contributed by atoms with Gasteiger partial charge < -0.3 is 9.88 Å². The number of carbonyl (C=O) groups is 3. The molecule has 2 rings (SSSR count). The van der Waals surface area contributed by atoms with E-state index in [1.807, 2.05) is 19.9 Å². The van der Waals surface area contributed by atoms with Crippen LogP contribution >= 0.6 is 0 Å². The smallest absolute Gasteiger partial charge is 0.253 e. The largest absolute Gasteiger partial charge is 0.346 e. The fraction of sp³-hybridized carbons (Fsp3) is 0.588. The van der Waals surface area contributed by atoms with Gasteiger partial charge in [-0.25, -0.2) is 0 Å². The molecule has 1 N–H and O–H groups in total. The summed E-state index contributed by atoms with van der Waals surface area (Å²) in [6, 6.07) is 1.12. The van der Waals surface area contributed by atoms with Crippen LogP contribution in [-0.2, 0) is 9.59 Å². The molecule has 0 radical (unpaired) electrons. The molecule has 1 saturated heterocycles. The van der Waals surface area contributed by atoms with Crippen LogP contribution in [0.25, 0.3) is 0 Å². The van der Waals surface area contributed by atoms with Gasteiger partial charge in [0.25, 0.3) is 11.8 Å². The number of amides is 3. The predicted octanol–water partition coefficient (Wildman–Crippen LogP) is 1.95. The van der Waals surface area contributed by atoms with E-state index in [2.05, 4.69) is 23.7 Å². The molecule has 3 amide bonds. The first-order valence-electron chi connectivity index (χ1n) is 8.00. The number of aromatic nitrogens is 1. The number of rotatable bonds is 4. The topological polar surface area (TPSA) is 71.4 Å². The lowest BCUT2D eigenvalue weighted by Crippen LogP contribution is -2.43. The maximum absolute atomic E-state index is 12.5. The summed E-state index contributed by atoms with van der Waals surface area (Å²) in [5, 5.41) is 2.72. The molecule has 1 aliphatic rings. The van der Waals surface area contributed by atoms with Gasteiger partial charge in [0.05, 0.1) is 12.0 Å². The van der Waals surface area contributed by atoms with Crippen molar-refractivity contribution in [2.75, 3.05) is 0 Å². The number of nitrogens with zero attached hydrogens (tertiary/aromatic N) is 2. The first-order valence-corrected chi connectivity index (χ1v) is 8.00. The highest BCUT2D eigenvalue weighted by molar-refractivity contribution is 6.08. The van der Waals surface area contributed by atoms with E-state index >= 15 is 0 Å². The van der Waals surface area contributed by atoms with E-state index in [1.165, 1.54) is 4.90 Å². The Morgan fingerprint density at radius 3 is 2.22 bits per heavy atom. The fourth-order valence-electron chi connectivity index (χ4n) is 3.34. The molecule has 23 heavy (non-hydrogen) atoms. The summed E-state index contributed by atoms with van der Waals surface area (Å²) in [4.78, 5) is 37.9. The second-order valence-electron chi connectivity index (χ2n) is 6.67. The molecule has 0 aromatic carbocycles. The van der Waals surface area contributed by atoms with E-state index in [0.717, 1.165) is 11.4 Å². The highest BCUT2D eigenvalue weighted by Crippen LogP contribution is 2.21. The Morgan fingerprint density at radius 1 is 1.17 bits per heavy atom. The van der Waals surface area contributed by atoms with Gasteiger partial charge in [-0.2, -0.15) is 0 Å². The molecule has 126 valence electrons. The molecule has 6 nitrogen and oxygen atoms in total. The lowest BCUT2D eigenvalue weighted by molar-refractivity contribution is -0.140. The van der Waals surface area contributed by atoms with Crippen molar-refractivity contribution in [3.63, 3.8) is 0 Å². The van der Waals surface area contributed by atoms with E-state index in [0.29, 0.717) is 5.56 Å². The average molecular weight is 319 g/mol. The molecule has 0 aliphatic carbocycles. The summed E-state index contributed by atoms with van der Waals surface area (Å²) in [5.74, 6) is -0.860. The third-order valence-electron chi connectivity index (χ3n) is 4.25. The summed E-state index contributed by atoms with van der Waals surface area (Å²) < 4.78 is 2.08. The van der Waals surface area contributed by atoms with Crippen LogP contribution < -0.4 is 5.32 Å². The van der Waals surface area contributed by atoms with Crippen LogP contribution in [0.1, 0.15) is 61.9 Å². The van der Waals surface area contributed by atoms with E-state index < -0.39 is 6.04 Å². The van der Waals surface area contributed by atoms with Gasteiger partial charge in [0.15, 0.2) is 0 Å². The maximum atomic E-state index is 12.5. The van der Waals surface area contributed by atoms with Crippen LogP contribution in [0.15, 0.2) is 6.07 Å². The van der Waals surface area contributed by atoms with Crippen LogP contribution in [0, 0.1) is 13.8 Å². The second kappa shape index (κ2) is 6.18. The molecular weight excluding hydrogens is 294 g/mol. The van der Waals surface area contributed by atoms with Gasteiger partial charge in [-0.3, -0.25) is 19.3 Å². The fourth-order valence-corrected chi connectivity index (χ4v) is 3.34. The summed E-state index contributed by atoms with van der Waals surface area (Å²) in [5.41, 5.74) is 2.42. The first-order chi connectivity index (χ1) is 10.6. The van der Waals surface area contributed by atoms with Crippen molar-refractivity contribution in [1.82, 2.24) is 14.8 Å². The van der Waals surface area contributed by atoms with E-state index in [-0.39, 0.29) is 36.2 Å². The van der Waals surface area contributed by atoms with Gasteiger partial charge in [0, 0.05) is 23.5 Å². The second-order valence-corrected chi connectivity index (χ2v) is 6.67. The highest BCUT2D eigenvalue weighted by Gasteiger charge is 2.40. The lowest BCUT2D eigenvalue weighted by Gasteiger charge is -2.19. The third-order valence-corrected chi connectivity index (χ3v) is 4.25. The minimum atomic E-state index is -0.764. The molecule has 1 atom stereocenters. The average Bonchev–Trinajstić information content (AvgIpc) is 2.86. The van der Waals surface area contributed by atoms with Crippen LogP contribution in [0.5, 0.6) is 0 Å². The van der Waals surface area contributed by atoms with Gasteiger partial charge >= 0.3 is 0 Å². The van der Waals surface area contributed by atoms with E-state index in [9.17, 15) is 14.4 Å². The molecule has 1 aromatic heterocycles. The quantitative estimate of drug-likeness (QED) is 0.862. The van der Waals surface area contributed by atoms with Crippen molar-refractivity contribution < 1.29 is 14.4 Å². The molecule has 1 unspecified atom stereocenters. The van der Waals surface area contributed by atoms with Gasteiger partial charge in [0.2, 0.25) is 5.91 Å². The number of nitrogens with one attached hydrogen (secondary N) is 1. The Kier molecular flexibility index (Phi) is 4.63. The number of likely N-dealkylation sites (tertiary alicyclic amines) is 1. The zero-order valence-corrected chi connectivity index (χ0v) is 14.6. The van der Waals surface area contributed by atoms with Crippen molar-refractivity contribution in [2.24, 2.45) is 0 Å². The molecule has 1 aliphatic heterocycles. The van der Waals surface area contributed by atoms with Crippen LogP contribution in [0.4, 0.5) is 0 Å². The Balaban J connectivity index is 2.19. The molecular formula is C17H25N3O3. The van der Waals surface area contributed by atoms with Crippen molar-refractivity contribution in [2.45, 2.75) is 66.1 Å². The van der Waals surface area contributed by atoms with Crippen LogP contribution in [-0.4, -0.2) is 39.3 Å². The predicted molar refractivity (Wildman–Crippen MR) is 87.2 cm³/mol. The Bertz CT molecular complexity index is 658. The normalized spacial score (nSPS) is 18.4. The minimum Gasteiger partial charge on any atom is -0.346 e. The third kappa shape index (κ3) is 3.02. The highest BCUT2D eigenvalue weighted by atomic mass is 16.2. The molecule has 6 heteroatoms. The zero-order chi connectivity index (χ0) is 17.5. The minimum absolute atomic E-state index is 0.0334. The number of hydrogen-bond donors (Lipinski definition) is 1. The number of imide groups is 1. The standard InChI is InChI=1S/C17H25N3O3/c1-9(2)19-11(5)7-13(12(19)6)16(22)18-14-8-15(21)20(10(3)4)17(14)23/h7,9-10,14H,8H2,1-6H3,(H,18,22). The van der Waals surface area contributed by atoms with Crippen LogP contribution in [0.3, 0.4) is 0 Å². The molecule has 1 fully saturated rings.